The fourth-order valence-electron chi connectivity index (χ4n) is 5.14. The Kier molecular flexibility index (Phi) is 8.60. The molecule has 1 aliphatic rings. The zero-order chi connectivity index (χ0) is 30.9. The number of benzene rings is 2. The van der Waals surface area contributed by atoms with Crippen LogP contribution in [0.4, 0.5) is 11.6 Å². The van der Waals surface area contributed by atoms with E-state index in [1.54, 1.807) is 51.4 Å². The van der Waals surface area contributed by atoms with Crippen molar-refractivity contribution in [3.8, 4) is 11.1 Å². The topological polar surface area (TPSA) is 124 Å². The third kappa shape index (κ3) is 6.29. The fourth-order valence-corrected chi connectivity index (χ4v) is 7.17. The number of anilines is 2. The van der Waals surface area contributed by atoms with Crippen LogP contribution in [0.2, 0.25) is 10.0 Å². The number of amides is 1. The Labute approximate surface area is 259 Å². The van der Waals surface area contributed by atoms with E-state index >= 15 is 0 Å². The Bertz CT molecular complexity index is 1760. The molecule has 0 aliphatic carbocycles. The summed E-state index contributed by atoms with van der Waals surface area (Å²) in [4.78, 5) is 40.1. The van der Waals surface area contributed by atoms with Gasteiger partial charge in [-0.2, -0.15) is 0 Å². The Morgan fingerprint density at radius 3 is 2.28 bits per heavy atom. The summed E-state index contributed by atoms with van der Waals surface area (Å²) in [5.41, 5.74) is 1.50. The van der Waals surface area contributed by atoms with Crippen molar-refractivity contribution in [2.24, 2.45) is 0 Å². The van der Waals surface area contributed by atoms with Gasteiger partial charge in [0, 0.05) is 40.8 Å². The smallest absolute Gasteiger partial charge is 0.306 e. The zero-order valence-electron chi connectivity index (χ0n) is 23.7. The zero-order valence-corrected chi connectivity index (χ0v) is 26.0. The van der Waals surface area contributed by atoms with E-state index in [1.165, 1.54) is 22.0 Å². The monoisotopic (exact) mass is 641 g/mol. The van der Waals surface area contributed by atoms with Crippen LogP contribution >= 0.6 is 23.2 Å². The summed E-state index contributed by atoms with van der Waals surface area (Å²) in [7, 11) is -3.97. The molecule has 0 bridgehead atoms. The van der Waals surface area contributed by atoms with E-state index in [2.05, 4.69) is 15.0 Å². The van der Waals surface area contributed by atoms with E-state index < -0.39 is 27.3 Å². The number of sulfone groups is 1. The van der Waals surface area contributed by atoms with Gasteiger partial charge in [0.15, 0.2) is 14.9 Å². The van der Waals surface area contributed by atoms with E-state index in [0.717, 1.165) is 16.7 Å². The number of hydrogen-bond acceptors (Lipinski definition) is 8. The lowest BCUT2D eigenvalue weighted by Gasteiger charge is -2.27. The molecule has 5 rings (SSSR count). The van der Waals surface area contributed by atoms with Crippen LogP contribution < -0.4 is 4.90 Å². The molecule has 4 aromatic rings. The minimum atomic E-state index is -3.97. The van der Waals surface area contributed by atoms with Gasteiger partial charge >= 0.3 is 5.97 Å². The van der Waals surface area contributed by atoms with Crippen molar-refractivity contribution in [2.45, 2.75) is 56.7 Å². The van der Waals surface area contributed by atoms with E-state index in [4.69, 9.17) is 27.9 Å². The predicted octanol–water partition coefficient (Wildman–Crippen LogP) is 5.79. The number of esters is 1. The van der Waals surface area contributed by atoms with Crippen LogP contribution in [0.1, 0.15) is 39.2 Å². The first-order valence-corrected chi connectivity index (χ1v) is 16.0. The molecule has 0 unspecified atom stereocenters. The second kappa shape index (κ2) is 12.1. The lowest BCUT2D eigenvalue weighted by Crippen LogP contribution is -2.42. The molecule has 1 amide bonds. The molecule has 1 atom stereocenters. The number of nitrogens with zero attached hydrogens (tertiary/aromatic N) is 5. The van der Waals surface area contributed by atoms with Crippen LogP contribution in [0.15, 0.2) is 72.4 Å². The average molecular weight is 643 g/mol. The number of carbonyl (C=O) groups excluding carboxylic acids is 2. The summed E-state index contributed by atoms with van der Waals surface area (Å²) in [5, 5.41) is 0.497. The summed E-state index contributed by atoms with van der Waals surface area (Å²) < 4.78 is 33.9. The van der Waals surface area contributed by atoms with Gasteiger partial charge < -0.3 is 4.74 Å². The van der Waals surface area contributed by atoms with Gasteiger partial charge in [-0.15, -0.1) is 0 Å². The number of hydrogen-bond donors (Lipinski definition) is 0. The Hall–Kier alpha value is -3.80. The predicted molar refractivity (Wildman–Crippen MR) is 163 cm³/mol. The quantitative estimate of drug-likeness (QED) is 0.199. The van der Waals surface area contributed by atoms with Crippen molar-refractivity contribution in [3.05, 3.63) is 83.0 Å². The maximum atomic E-state index is 14.3. The first kappa shape index (κ1) is 30.7. The van der Waals surface area contributed by atoms with E-state index in [9.17, 15) is 18.0 Å². The molecule has 13 heteroatoms. The minimum absolute atomic E-state index is 0.0529. The van der Waals surface area contributed by atoms with Crippen molar-refractivity contribution >= 4 is 56.6 Å². The molecule has 0 spiro atoms. The largest absolute Gasteiger partial charge is 0.463 e. The summed E-state index contributed by atoms with van der Waals surface area (Å²) in [6, 6.07) is 12.2. The normalized spacial score (nSPS) is 16.5. The number of imidazole rings is 1. The van der Waals surface area contributed by atoms with Crippen molar-refractivity contribution in [1.29, 1.82) is 0 Å². The molecule has 3 heterocycles. The molecule has 43 heavy (non-hydrogen) atoms. The highest BCUT2D eigenvalue weighted by Gasteiger charge is 2.51. The lowest BCUT2D eigenvalue weighted by atomic mass is 9.91. The van der Waals surface area contributed by atoms with Crippen molar-refractivity contribution in [1.82, 2.24) is 19.5 Å². The summed E-state index contributed by atoms with van der Waals surface area (Å²) in [5.74, 6) is -1.07. The summed E-state index contributed by atoms with van der Waals surface area (Å²) in [6.45, 7) is 5.14. The van der Waals surface area contributed by atoms with Gasteiger partial charge in [0.05, 0.1) is 23.7 Å². The maximum absolute atomic E-state index is 14.3. The molecule has 1 aliphatic heterocycles. The van der Waals surface area contributed by atoms with Crippen LogP contribution in [-0.2, 0) is 36.1 Å². The number of rotatable bonds is 10. The molecular formula is C30H29Cl2N5O5S. The summed E-state index contributed by atoms with van der Waals surface area (Å²) in [6.07, 6.45) is 5.97. The molecule has 0 fully saturated rings. The van der Waals surface area contributed by atoms with Crippen LogP contribution in [0, 0.1) is 0 Å². The molecule has 10 nitrogen and oxygen atoms in total. The molecule has 0 N–H and O–H groups in total. The number of aromatic nitrogens is 4. The Balaban J connectivity index is 1.53. The highest BCUT2D eigenvalue weighted by Crippen LogP contribution is 2.44. The van der Waals surface area contributed by atoms with Crippen molar-refractivity contribution in [2.75, 3.05) is 10.7 Å². The third-order valence-electron chi connectivity index (χ3n) is 7.05. The van der Waals surface area contributed by atoms with Gasteiger partial charge in [-0.1, -0.05) is 47.5 Å². The average Bonchev–Trinajstić information content (AvgIpc) is 3.47. The van der Waals surface area contributed by atoms with Gasteiger partial charge in [0.2, 0.25) is 5.95 Å². The fraction of sp³-hybridized carbons (Fsp3) is 0.300. The van der Waals surface area contributed by atoms with E-state index in [-0.39, 0.29) is 42.1 Å². The van der Waals surface area contributed by atoms with Crippen LogP contribution in [0.5, 0.6) is 0 Å². The van der Waals surface area contributed by atoms with Crippen LogP contribution in [0.25, 0.3) is 11.1 Å². The molecule has 0 saturated heterocycles. The first-order chi connectivity index (χ1) is 20.4. The van der Waals surface area contributed by atoms with Gasteiger partial charge in [0.25, 0.3) is 5.91 Å². The second-order valence-corrected chi connectivity index (χ2v) is 13.7. The number of carbonyl (C=O) groups is 2. The standard InChI is InChI=1S/C30H29Cl2N5O5S/c1-19(2)42-27(38)5-4-10-43(40,41)26-17-35-29-36(25-12-23(31)11-24(32)13-25)28(39)30(3,37(26)29)14-20-6-8-21(9-7-20)22-15-33-18-34-16-22/h6-9,11-13,15-19H,4-5,10,14H2,1-3H3/t30-/m1/s1. The molecule has 0 saturated carbocycles. The van der Waals surface area contributed by atoms with E-state index in [0.29, 0.717) is 15.7 Å². The van der Waals surface area contributed by atoms with Crippen molar-refractivity contribution in [3.63, 3.8) is 0 Å². The van der Waals surface area contributed by atoms with Gasteiger partial charge in [-0.25, -0.2) is 28.3 Å². The lowest BCUT2D eigenvalue weighted by molar-refractivity contribution is -0.147. The second-order valence-electron chi connectivity index (χ2n) is 10.7. The highest BCUT2D eigenvalue weighted by atomic mass is 35.5. The SMILES string of the molecule is CC(C)OC(=O)CCCS(=O)(=O)c1cnc2n1[C@](C)(Cc1ccc(-c3cncnc3)cc1)C(=O)N2c1cc(Cl)cc(Cl)c1. The molecule has 2 aromatic heterocycles. The first-order valence-electron chi connectivity index (χ1n) is 13.5. The summed E-state index contributed by atoms with van der Waals surface area (Å²) >= 11 is 12.5. The van der Waals surface area contributed by atoms with Crippen molar-refractivity contribution < 1.29 is 22.7 Å². The number of ether oxygens (including phenoxy) is 1. The van der Waals surface area contributed by atoms with Gasteiger partial charge in [-0.05, 0) is 56.5 Å². The number of halogens is 2. The third-order valence-corrected chi connectivity index (χ3v) is 9.24. The van der Waals surface area contributed by atoms with Crippen LogP contribution in [0.3, 0.4) is 0 Å². The molecular weight excluding hydrogens is 613 g/mol. The van der Waals surface area contributed by atoms with Crippen LogP contribution in [-0.4, -0.2) is 51.7 Å². The highest BCUT2D eigenvalue weighted by molar-refractivity contribution is 7.91. The maximum Gasteiger partial charge on any atom is 0.306 e. The molecule has 0 radical (unpaired) electrons. The number of fused-ring (bicyclic) bond motifs is 1. The minimum Gasteiger partial charge on any atom is -0.463 e. The Morgan fingerprint density at radius 2 is 1.65 bits per heavy atom. The van der Waals surface area contributed by atoms with E-state index in [1.807, 2.05) is 24.3 Å². The molecule has 2 aromatic carbocycles. The Morgan fingerprint density at radius 1 is 1.00 bits per heavy atom. The molecule has 224 valence electrons. The van der Waals surface area contributed by atoms with Gasteiger partial charge in [-0.3, -0.25) is 14.2 Å². The van der Waals surface area contributed by atoms with Gasteiger partial charge in [0.1, 0.15) is 11.9 Å².